The third kappa shape index (κ3) is 6.25. The van der Waals surface area contributed by atoms with E-state index in [9.17, 15) is 9.90 Å². The number of ether oxygens (including phenoxy) is 1. The first-order valence-corrected chi connectivity index (χ1v) is 6.59. The van der Waals surface area contributed by atoms with Gasteiger partial charge in [0.25, 0.3) is 0 Å². The molecule has 0 radical (unpaired) electrons. The number of rotatable bonds is 7. The lowest BCUT2D eigenvalue weighted by molar-refractivity contribution is -0.120. The Morgan fingerprint density at radius 2 is 1.95 bits per heavy atom. The fraction of sp³-hybridized carbons (Fsp3) is 0.533. The lowest BCUT2D eigenvalue weighted by Gasteiger charge is -2.13. The third-order valence-electron chi connectivity index (χ3n) is 2.80. The van der Waals surface area contributed by atoms with Gasteiger partial charge in [-0.3, -0.25) is 4.79 Å². The Bertz CT molecular complexity index is 387. The van der Waals surface area contributed by atoms with Gasteiger partial charge >= 0.3 is 0 Å². The molecule has 0 aromatic heterocycles. The van der Waals surface area contributed by atoms with E-state index in [0.717, 1.165) is 11.3 Å². The number of benzene rings is 1. The minimum atomic E-state index is -0.472. The molecule has 1 aromatic rings. The molecule has 0 bridgehead atoms. The van der Waals surface area contributed by atoms with Crippen molar-refractivity contribution in [2.24, 2.45) is 5.92 Å². The number of carbonyl (C=O) groups excluding carboxylic acids is 1. The highest BCUT2D eigenvalue weighted by atomic mass is 16.5. The molecule has 0 aliphatic carbocycles. The van der Waals surface area contributed by atoms with Crippen LogP contribution in [0.5, 0.6) is 5.75 Å². The van der Waals surface area contributed by atoms with E-state index in [0.29, 0.717) is 25.3 Å². The van der Waals surface area contributed by atoms with Crippen LogP contribution in [0.3, 0.4) is 0 Å². The van der Waals surface area contributed by atoms with Crippen molar-refractivity contribution in [2.45, 2.75) is 32.8 Å². The lowest BCUT2D eigenvalue weighted by Crippen LogP contribution is -2.33. The summed E-state index contributed by atoms with van der Waals surface area (Å²) in [6.07, 6.45) is 0.543. The maximum absolute atomic E-state index is 11.7. The summed E-state index contributed by atoms with van der Waals surface area (Å²) < 4.78 is 5.06. The van der Waals surface area contributed by atoms with Gasteiger partial charge in [-0.15, -0.1) is 0 Å². The molecule has 1 rings (SSSR count). The number of hydrogen-bond acceptors (Lipinski definition) is 3. The summed E-state index contributed by atoms with van der Waals surface area (Å²) in [6, 6.07) is 7.39. The van der Waals surface area contributed by atoms with Crippen LogP contribution in [0.2, 0.25) is 0 Å². The quantitative estimate of drug-likeness (QED) is 0.790. The van der Waals surface area contributed by atoms with Gasteiger partial charge in [-0.25, -0.2) is 0 Å². The zero-order chi connectivity index (χ0) is 14.3. The van der Waals surface area contributed by atoms with E-state index in [1.54, 1.807) is 7.11 Å². The van der Waals surface area contributed by atoms with Gasteiger partial charge in [-0.05, 0) is 30.0 Å². The molecule has 0 aliphatic heterocycles. The third-order valence-corrected chi connectivity index (χ3v) is 2.80. The van der Waals surface area contributed by atoms with Crippen LogP contribution in [0, 0.1) is 5.92 Å². The fourth-order valence-electron chi connectivity index (χ4n) is 1.85. The average molecular weight is 265 g/mol. The van der Waals surface area contributed by atoms with Gasteiger partial charge in [0.2, 0.25) is 5.91 Å². The molecule has 0 heterocycles. The second-order valence-electron chi connectivity index (χ2n) is 5.11. The Morgan fingerprint density at radius 3 is 2.47 bits per heavy atom. The van der Waals surface area contributed by atoms with E-state index in [1.165, 1.54) is 0 Å². The van der Waals surface area contributed by atoms with Crippen molar-refractivity contribution in [3.63, 3.8) is 0 Å². The summed E-state index contributed by atoms with van der Waals surface area (Å²) in [6.45, 7) is 4.40. The van der Waals surface area contributed by atoms with Gasteiger partial charge in [-0.2, -0.15) is 0 Å². The van der Waals surface area contributed by atoms with Gasteiger partial charge < -0.3 is 15.2 Å². The van der Waals surface area contributed by atoms with Gasteiger partial charge in [-0.1, -0.05) is 26.0 Å². The molecule has 1 aromatic carbocycles. The summed E-state index contributed by atoms with van der Waals surface area (Å²) in [7, 11) is 1.61. The van der Waals surface area contributed by atoms with Crippen LogP contribution in [0.1, 0.15) is 25.8 Å². The molecule has 1 unspecified atom stereocenters. The first-order valence-electron chi connectivity index (χ1n) is 6.59. The molecule has 0 spiro atoms. The number of amides is 1. The molecule has 0 aliphatic rings. The van der Waals surface area contributed by atoms with Crippen LogP contribution in [-0.4, -0.2) is 30.8 Å². The molecule has 4 heteroatoms. The van der Waals surface area contributed by atoms with Crippen molar-refractivity contribution >= 4 is 5.91 Å². The second kappa shape index (κ2) is 7.79. The van der Waals surface area contributed by atoms with Crippen molar-refractivity contribution in [1.82, 2.24) is 5.32 Å². The minimum absolute atomic E-state index is 0.0760. The van der Waals surface area contributed by atoms with Crippen LogP contribution < -0.4 is 10.1 Å². The smallest absolute Gasteiger partial charge is 0.224 e. The molecular weight excluding hydrogens is 242 g/mol. The Labute approximate surface area is 114 Å². The van der Waals surface area contributed by atoms with Crippen molar-refractivity contribution in [3.8, 4) is 5.75 Å². The molecule has 0 saturated heterocycles. The molecular formula is C15H23NO3. The molecule has 4 nitrogen and oxygen atoms in total. The van der Waals surface area contributed by atoms with Crippen LogP contribution in [0.4, 0.5) is 0 Å². The normalized spacial score (nSPS) is 12.3. The number of aliphatic hydroxyl groups excluding tert-OH is 1. The Balaban J connectivity index is 2.34. The maximum Gasteiger partial charge on any atom is 0.224 e. The van der Waals surface area contributed by atoms with E-state index in [2.05, 4.69) is 5.32 Å². The second-order valence-corrected chi connectivity index (χ2v) is 5.11. The number of methoxy groups -OCH3 is 1. The Kier molecular flexibility index (Phi) is 6.36. The predicted molar refractivity (Wildman–Crippen MR) is 75.2 cm³/mol. The largest absolute Gasteiger partial charge is 0.497 e. The Hall–Kier alpha value is -1.55. The molecule has 19 heavy (non-hydrogen) atoms. The van der Waals surface area contributed by atoms with Crippen molar-refractivity contribution < 1.29 is 14.6 Å². The van der Waals surface area contributed by atoms with Gasteiger partial charge in [0.1, 0.15) is 5.75 Å². The summed E-state index contributed by atoms with van der Waals surface area (Å²) in [5, 5.41) is 12.4. The molecule has 2 N–H and O–H groups in total. The number of hydrogen-bond donors (Lipinski definition) is 2. The van der Waals surface area contributed by atoms with E-state index in [4.69, 9.17) is 4.74 Å². The predicted octanol–water partition coefficient (Wildman–Crippen LogP) is 1.76. The highest BCUT2D eigenvalue weighted by Gasteiger charge is 2.09. The molecule has 0 saturated carbocycles. The van der Waals surface area contributed by atoms with E-state index in [-0.39, 0.29) is 5.91 Å². The summed E-state index contributed by atoms with van der Waals surface area (Å²) in [4.78, 5) is 11.7. The first kappa shape index (κ1) is 15.5. The van der Waals surface area contributed by atoms with Crippen LogP contribution in [0.25, 0.3) is 0 Å². The van der Waals surface area contributed by atoms with E-state index < -0.39 is 6.10 Å². The average Bonchev–Trinajstić information content (AvgIpc) is 2.36. The zero-order valence-corrected chi connectivity index (χ0v) is 11.8. The van der Waals surface area contributed by atoms with E-state index in [1.807, 2.05) is 38.1 Å². The first-order chi connectivity index (χ1) is 9.01. The summed E-state index contributed by atoms with van der Waals surface area (Å²) >= 11 is 0. The maximum atomic E-state index is 11.7. The van der Waals surface area contributed by atoms with Gasteiger partial charge in [0.15, 0.2) is 0 Å². The molecule has 0 fully saturated rings. The molecule has 1 amide bonds. The highest BCUT2D eigenvalue weighted by Crippen LogP contribution is 2.11. The van der Waals surface area contributed by atoms with Crippen LogP contribution in [0.15, 0.2) is 24.3 Å². The SMILES string of the molecule is COc1ccc(CC(=O)NCC(O)CC(C)C)cc1. The fourth-order valence-corrected chi connectivity index (χ4v) is 1.85. The lowest BCUT2D eigenvalue weighted by atomic mass is 10.1. The number of aliphatic hydroxyl groups is 1. The van der Waals surface area contributed by atoms with Crippen LogP contribution in [-0.2, 0) is 11.2 Å². The minimum Gasteiger partial charge on any atom is -0.497 e. The summed E-state index contributed by atoms with van der Waals surface area (Å²) in [5.41, 5.74) is 0.927. The summed E-state index contributed by atoms with van der Waals surface area (Å²) in [5.74, 6) is 1.12. The number of nitrogens with one attached hydrogen (secondary N) is 1. The zero-order valence-electron chi connectivity index (χ0n) is 11.8. The molecule has 106 valence electrons. The molecule has 1 atom stereocenters. The number of carbonyl (C=O) groups is 1. The van der Waals surface area contributed by atoms with Gasteiger partial charge in [0, 0.05) is 6.54 Å². The van der Waals surface area contributed by atoms with Gasteiger partial charge in [0.05, 0.1) is 19.6 Å². The van der Waals surface area contributed by atoms with E-state index >= 15 is 0 Å². The van der Waals surface area contributed by atoms with Crippen LogP contribution >= 0.6 is 0 Å². The highest BCUT2D eigenvalue weighted by molar-refractivity contribution is 5.78. The van der Waals surface area contributed by atoms with Crippen molar-refractivity contribution in [2.75, 3.05) is 13.7 Å². The topological polar surface area (TPSA) is 58.6 Å². The monoisotopic (exact) mass is 265 g/mol. The Morgan fingerprint density at radius 1 is 1.32 bits per heavy atom. The van der Waals surface area contributed by atoms with Crippen molar-refractivity contribution in [3.05, 3.63) is 29.8 Å². The standard InChI is InChI=1S/C15H23NO3/c1-11(2)8-13(17)10-16-15(18)9-12-4-6-14(19-3)7-5-12/h4-7,11,13,17H,8-10H2,1-3H3,(H,16,18). The van der Waals surface area contributed by atoms with Crippen molar-refractivity contribution in [1.29, 1.82) is 0 Å².